The molecule has 2 atom stereocenters. The lowest BCUT2D eigenvalue weighted by molar-refractivity contribution is -0.152. The highest BCUT2D eigenvalue weighted by Crippen LogP contribution is 2.18. The molecule has 1 unspecified atom stereocenters. The molecule has 5 nitrogen and oxygen atoms in total. The molecule has 5 heteroatoms. The predicted octanol–water partition coefficient (Wildman–Crippen LogP) is 0.579. The molecule has 1 saturated heterocycles. The van der Waals surface area contributed by atoms with Crippen molar-refractivity contribution in [1.29, 1.82) is 0 Å². The van der Waals surface area contributed by atoms with Gasteiger partial charge in [0.25, 0.3) is 0 Å². The van der Waals surface area contributed by atoms with Crippen LogP contribution in [0.3, 0.4) is 0 Å². The fourth-order valence-electron chi connectivity index (χ4n) is 2.10. The second-order valence-corrected chi connectivity index (χ2v) is 4.28. The Bertz CT molecular complexity index is 268. The molecule has 16 heavy (non-hydrogen) atoms. The van der Waals surface area contributed by atoms with Gasteiger partial charge < -0.3 is 15.7 Å². The van der Waals surface area contributed by atoms with Crippen molar-refractivity contribution in [3.63, 3.8) is 0 Å². The molecule has 1 fully saturated rings. The monoisotopic (exact) mass is 228 g/mol. The van der Waals surface area contributed by atoms with Crippen LogP contribution in [0.4, 0.5) is 0 Å². The van der Waals surface area contributed by atoms with E-state index in [0.717, 1.165) is 19.3 Å². The van der Waals surface area contributed by atoms with Gasteiger partial charge in [-0.3, -0.25) is 4.79 Å². The van der Waals surface area contributed by atoms with Gasteiger partial charge >= 0.3 is 5.97 Å². The third kappa shape index (κ3) is 2.95. The van der Waals surface area contributed by atoms with E-state index in [9.17, 15) is 9.59 Å². The van der Waals surface area contributed by atoms with Crippen molar-refractivity contribution in [2.45, 2.75) is 51.1 Å². The van der Waals surface area contributed by atoms with Crippen LogP contribution in [0.5, 0.6) is 0 Å². The van der Waals surface area contributed by atoms with E-state index in [1.807, 2.05) is 6.92 Å². The van der Waals surface area contributed by atoms with Crippen molar-refractivity contribution in [1.82, 2.24) is 4.90 Å². The molecule has 0 aromatic carbocycles. The molecule has 0 bridgehead atoms. The minimum Gasteiger partial charge on any atom is -0.480 e. The zero-order valence-electron chi connectivity index (χ0n) is 9.69. The lowest BCUT2D eigenvalue weighted by Gasteiger charge is -2.34. The lowest BCUT2D eigenvalue weighted by Crippen LogP contribution is -2.53. The van der Waals surface area contributed by atoms with Gasteiger partial charge in [0.15, 0.2) is 0 Å². The van der Waals surface area contributed by atoms with Gasteiger partial charge in [-0.1, -0.05) is 13.3 Å². The molecular formula is C11H20N2O3. The van der Waals surface area contributed by atoms with Crippen molar-refractivity contribution in [3.8, 4) is 0 Å². The van der Waals surface area contributed by atoms with Gasteiger partial charge in [0, 0.05) is 6.54 Å². The third-order valence-electron chi connectivity index (χ3n) is 2.99. The summed E-state index contributed by atoms with van der Waals surface area (Å²) in [5.74, 6) is -1.13. The first-order valence-corrected chi connectivity index (χ1v) is 5.86. The molecule has 1 aliphatic heterocycles. The number of carbonyl (C=O) groups excluding carboxylic acids is 1. The molecular weight excluding hydrogens is 208 g/mol. The Morgan fingerprint density at radius 3 is 2.75 bits per heavy atom. The summed E-state index contributed by atoms with van der Waals surface area (Å²) in [6.07, 6.45) is 3.72. The van der Waals surface area contributed by atoms with Gasteiger partial charge in [0.2, 0.25) is 5.91 Å². The van der Waals surface area contributed by atoms with Gasteiger partial charge in [-0.25, -0.2) is 4.79 Å². The normalized spacial score (nSPS) is 22.9. The van der Waals surface area contributed by atoms with Crippen LogP contribution in [0.1, 0.15) is 39.0 Å². The van der Waals surface area contributed by atoms with Gasteiger partial charge in [0.05, 0.1) is 6.04 Å². The van der Waals surface area contributed by atoms with Crippen LogP contribution in [-0.2, 0) is 9.59 Å². The summed E-state index contributed by atoms with van der Waals surface area (Å²) in [6.45, 7) is 2.48. The quantitative estimate of drug-likeness (QED) is 0.737. The van der Waals surface area contributed by atoms with E-state index in [0.29, 0.717) is 19.4 Å². The number of nitrogens with zero attached hydrogens (tertiary/aromatic N) is 1. The predicted molar refractivity (Wildman–Crippen MR) is 59.9 cm³/mol. The van der Waals surface area contributed by atoms with Crippen LogP contribution < -0.4 is 5.73 Å². The number of likely N-dealkylation sites (tertiary alicyclic amines) is 1. The fraction of sp³-hybridized carbons (Fsp3) is 0.818. The van der Waals surface area contributed by atoms with Crippen LogP contribution in [0.15, 0.2) is 0 Å². The SMILES string of the molecule is CCCC(N)C(=O)N1CCCC[C@H]1C(=O)O. The maximum absolute atomic E-state index is 11.9. The number of amides is 1. The summed E-state index contributed by atoms with van der Waals surface area (Å²) in [5, 5.41) is 9.03. The number of piperidine rings is 1. The van der Waals surface area contributed by atoms with E-state index in [1.54, 1.807) is 0 Å². The average molecular weight is 228 g/mol. The summed E-state index contributed by atoms with van der Waals surface area (Å²) in [7, 11) is 0. The van der Waals surface area contributed by atoms with E-state index >= 15 is 0 Å². The minimum absolute atomic E-state index is 0.214. The van der Waals surface area contributed by atoms with Crippen LogP contribution in [0.2, 0.25) is 0 Å². The van der Waals surface area contributed by atoms with Crippen molar-refractivity contribution in [3.05, 3.63) is 0 Å². The van der Waals surface area contributed by atoms with Crippen molar-refractivity contribution in [2.24, 2.45) is 5.73 Å². The zero-order chi connectivity index (χ0) is 12.1. The zero-order valence-corrected chi connectivity index (χ0v) is 9.69. The number of aliphatic carboxylic acids is 1. The van der Waals surface area contributed by atoms with Crippen LogP contribution in [-0.4, -0.2) is 40.5 Å². The Kier molecular flexibility index (Phi) is 4.73. The van der Waals surface area contributed by atoms with E-state index in [1.165, 1.54) is 4.90 Å². The molecule has 92 valence electrons. The highest BCUT2D eigenvalue weighted by molar-refractivity contribution is 5.87. The summed E-state index contributed by atoms with van der Waals surface area (Å²) < 4.78 is 0. The largest absolute Gasteiger partial charge is 0.480 e. The molecule has 0 saturated carbocycles. The number of carboxylic acids is 1. The summed E-state index contributed by atoms with van der Waals surface area (Å²) >= 11 is 0. The summed E-state index contributed by atoms with van der Waals surface area (Å²) in [5.41, 5.74) is 5.74. The Hall–Kier alpha value is -1.10. The van der Waals surface area contributed by atoms with Crippen LogP contribution >= 0.6 is 0 Å². The highest BCUT2D eigenvalue weighted by Gasteiger charge is 2.33. The van der Waals surface area contributed by atoms with Gasteiger partial charge in [-0.15, -0.1) is 0 Å². The number of nitrogens with two attached hydrogens (primary N) is 1. The number of hydrogen-bond donors (Lipinski definition) is 2. The highest BCUT2D eigenvalue weighted by atomic mass is 16.4. The summed E-state index contributed by atoms with van der Waals surface area (Å²) in [6, 6.07) is -1.23. The number of carbonyl (C=O) groups is 2. The topological polar surface area (TPSA) is 83.6 Å². The minimum atomic E-state index is -0.920. The fourth-order valence-corrected chi connectivity index (χ4v) is 2.10. The first kappa shape index (κ1) is 13.0. The second kappa shape index (κ2) is 5.84. The van der Waals surface area contributed by atoms with Crippen LogP contribution in [0.25, 0.3) is 0 Å². The molecule has 0 radical (unpaired) electrons. The molecule has 0 aromatic rings. The maximum atomic E-state index is 11.9. The van der Waals surface area contributed by atoms with Gasteiger partial charge in [-0.2, -0.15) is 0 Å². The lowest BCUT2D eigenvalue weighted by atomic mass is 10.0. The molecule has 1 heterocycles. The first-order valence-electron chi connectivity index (χ1n) is 5.86. The van der Waals surface area contributed by atoms with Crippen molar-refractivity contribution < 1.29 is 14.7 Å². The molecule has 1 aliphatic rings. The first-order chi connectivity index (χ1) is 7.57. The molecule has 0 aliphatic carbocycles. The second-order valence-electron chi connectivity index (χ2n) is 4.28. The van der Waals surface area contributed by atoms with E-state index in [4.69, 9.17) is 10.8 Å². The van der Waals surface area contributed by atoms with E-state index < -0.39 is 18.1 Å². The molecule has 1 amide bonds. The Morgan fingerprint density at radius 2 is 2.19 bits per heavy atom. The van der Waals surface area contributed by atoms with E-state index in [-0.39, 0.29) is 5.91 Å². The standard InChI is InChI=1S/C11H20N2O3/c1-2-5-8(12)10(14)13-7-4-3-6-9(13)11(15)16/h8-9H,2-7,12H2,1H3,(H,15,16)/t8?,9-/m0/s1. The maximum Gasteiger partial charge on any atom is 0.326 e. The van der Waals surface area contributed by atoms with Gasteiger partial charge in [0.1, 0.15) is 6.04 Å². The van der Waals surface area contributed by atoms with Gasteiger partial charge in [-0.05, 0) is 25.7 Å². The third-order valence-corrected chi connectivity index (χ3v) is 2.99. The number of carboxylic acid groups (broad SMARTS) is 1. The van der Waals surface area contributed by atoms with Crippen LogP contribution in [0, 0.1) is 0 Å². The van der Waals surface area contributed by atoms with Crippen molar-refractivity contribution in [2.75, 3.05) is 6.54 Å². The average Bonchev–Trinajstić information content (AvgIpc) is 2.28. The molecule has 0 spiro atoms. The molecule has 0 aromatic heterocycles. The molecule has 3 N–H and O–H groups in total. The Labute approximate surface area is 95.6 Å². The number of hydrogen-bond acceptors (Lipinski definition) is 3. The van der Waals surface area contributed by atoms with Crippen molar-refractivity contribution >= 4 is 11.9 Å². The Morgan fingerprint density at radius 1 is 1.50 bits per heavy atom. The Balaban J connectivity index is 2.67. The smallest absolute Gasteiger partial charge is 0.326 e. The summed E-state index contributed by atoms with van der Waals surface area (Å²) in [4.78, 5) is 24.4. The molecule has 1 rings (SSSR count). The van der Waals surface area contributed by atoms with E-state index in [2.05, 4.69) is 0 Å². The number of rotatable bonds is 4.